The number of nitrogens with zero attached hydrogens (tertiary/aromatic N) is 3. The fourth-order valence-electron chi connectivity index (χ4n) is 3.25. The summed E-state index contributed by atoms with van der Waals surface area (Å²) in [6.45, 7) is 1.90. The molecule has 0 aliphatic heterocycles. The van der Waals surface area contributed by atoms with Gasteiger partial charge in [0.25, 0.3) is 5.91 Å². The Morgan fingerprint density at radius 1 is 1.42 bits per heavy atom. The smallest absolute Gasteiger partial charge is 0.273 e. The Balaban J connectivity index is 1.79. The van der Waals surface area contributed by atoms with Crippen LogP contribution in [0.3, 0.4) is 0 Å². The van der Waals surface area contributed by atoms with Crippen molar-refractivity contribution in [2.75, 3.05) is 6.61 Å². The van der Waals surface area contributed by atoms with Gasteiger partial charge in [-0.05, 0) is 38.0 Å². The molecule has 1 aromatic carbocycles. The number of aliphatic hydroxyl groups excluding tert-OH is 1. The van der Waals surface area contributed by atoms with Crippen molar-refractivity contribution >= 4 is 17.5 Å². The molecule has 1 fully saturated rings. The van der Waals surface area contributed by atoms with Gasteiger partial charge in [0.05, 0.1) is 11.4 Å². The molecule has 6 nitrogen and oxygen atoms in total. The lowest BCUT2D eigenvalue weighted by Gasteiger charge is -2.30. The van der Waals surface area contributed by atoms with Crippen LogP contribution in [0.25, 0.3) is 5.69 Å². The van der Waals surface area contributed by atoms with Gasteiger partial charge in [0.2, 0.25) is 0 Å². The number of aliphatic hydroxyl groups is 1. The van der Waals surface area contributed by atoms with E-state index >= 15 is 0 Å². The summed E-state index contributed by atoms with van der Waals surface area (Å²) in [5.41, 5.74) is 1.72. The summed E-state index contributed by atoms with van der Waals surface area (Å²) in [5, 5.41) is 21.2. The van der Waals surface area contributed by atoms with Crippen molar-refractivity contribution in [1.82, 2.24) is 20.3 Å². The third kappa shape index (κ3) is 3.44. The zero-order valence-electron chi connectivity index (χ0n) is 13.6. The van der Waals surface area contributed by atoms with E-state index in [9.17, 15) is 9.90 Å². The number of halogens is 1. The van der Waals surface area contributed by atoms with Crippen molar-refractivity contribution in [3.63, 3.8) is 0 Å². The summed E-state index contributed by atoms with van der Waals surface area (Å²) in [6, 6.07) is 7.23. The highest BCUT2D eigenvalue weighted by Crippen LogP contribution is 2.24. The van der Waals surface area contributed by atoms with Crippen LogP contribution in [0.15, 0.2) is 24.3 Å². The average Bonchev–Trinajstić information content (AvgIpc) is 2.97. The first kappa shape index (κ1) is 16.9. The minimum Gasteiger partial charge on any atom is -0.396 e. The van der Waals surface area contributed by atoms with Gasteiger partial charge in [0.1, 0.15) is 0 Å². The SMILES string of the molecule is Cc1c(C(=O)NC2CCCCC2CO)nnn1-c1cccc(Cl)c1. The van der Waals surface area contributed by atoms with Crippen LogP contribution in [0.4, 0.5) is 0 Å². The largest absolute Gasteiger partial charge is 0.396 e. The molecule has 2 aromatic rings. The summed E-state index contributed by atoms with van der Waals surface area (Å²) in [4.78, 5) is 12.6. The Bertz CT molecular complexity index is 731. The Morgan fingerprint density at radius 3 is 2.96 bits per heavy atom. The number of benzene rings is 1. The topological polar surface area (TPSA) is 80.0 Å². The van der Waals surface area contributed by atoms with Crippen molar-refractivity contribution < 1.29 is 9.90 Å². The maximum atomic E-state index is 12.6. The predicted octanol–water partition coefficient (Wildman–Crippen LogP) is 2.51. The summed E-state index contributed by atoms with van der Waals surface area (Å²) in [7, 11) is 0. The van der Waals surface area contributed by atoms with Gasteiger partial charge in [-0.2, -0.15) is 0 Å². The lowest BCUT2D eigenvalue weighted by molar-refractivity contribution is 0.0867. The second kappa shape index (κ2) is 7.32. The van der Waals surface area contributed by atoms with Crippen molar-refractivity contribution in [3.05, 3.63) is 40.7 Å². The van der Waals surface area contributed by atoms with Crippen LogP contribution in [0.2, 0.25) is 5.02 Å². The Kier molecular flexibility index (Phi) is 5.16. The van der Waals surface area contributed by atoms with E-state index in [1.807, 2.05) is 12.1 Å². The summed E-state index contributed by atoms with van der Waals surface area (Å²) in [5.74, 6) is -0.128. The van der Waals surface area contributed by atoms with E-state index in [2.05, 4.69) is 15.6 Å². The average molecular weight is 349 g/mol. The Hall–Kier alpha value is -1.92. The third-order valence-corrected chi connectivity index (χ3v) is 4.86. The molecule has 0 bridgehead atoms. The fourth-order valence-corrected chi connectivity index (χ4v) is 3.43. The molecule has 1 aliphatic rings. The van der Waals surface area contributed by atoms with Gasteiger partial charge in [-0.25, -0.2) is 4.68 Å². The van der Waals surface area contributed by atoms with Gasteiger partial charge < -0.3 is 10.4 Å². The van der Waals surface area contributed by atoms with E-state index in [4.69, 9.17) is 11.6 Å². The van der Waals surface area contributed by atoms with Crippen LogP contribution < -0.4 is 5.32 Å². The van der Waals surface area contributed by atoms with Crippen LogP contribution in [0.5, 0.6) is 0 Å². The Labute approximate surface area is 145 Å². The van der Waals surface area contributed by atoms with E-state index in [1.165, 1.54) is 0 Å². The number of carbonyl (C=O) groups is 1. The van der Waals surface area contributed by atoms with E-state index in [0.29, 0.717) is 16.4 Å². The number of carbonyl (C=O) groups excluding carboxylic acids is 1. The number of hydrogen-bond donors (Lipinski definition) is 2. The number of aromatic nitrogens is 3. The molecule has 1 heterocycles. The van der Waals surface area contributed by atoms with Crippen molar-refractivity contribution in [1.29, 1.82) is 0 Å². The van der Waals surface area contributed by atoms with Gasteiger partial charge in [-0.15, -0.1) is 5.10 Å². The second-order valence-corrected chi connectivity index (χ2v) is 6.66. The molecular weight excluding hydrogens is 328 g/mol. The van der Waals surface area contributed by atoms with Crippen LogP contribution >= 0.6 is 11.6 Å². The fraction of sp³-hybridized carbons (Fsp3) is 0.471. The summed E-state index contributed by atoms with van der Waals surface area (Å²) >= 11 is 6.01. The second-order valence-electron chi connectivity index (χ2n) is 6.22. The van der Waals surface area contributed by atoms with Gasteiger partial charge in [-0.1, -0.05) is 35.7 Å². The standard InChI is InChI=1S/C17H21ClN4O2/c1-11-16(17(24)19-15-8-3-2-5-12(15)10-23)20-21-22(11)14-7-4-6-13(18)9-14/h4,6-7,9,12,15,23H,2-3,5,8,10H2,1H3,(H,19,24). The molecule has 2 N–H and O–H groups in total. The Morgan fingerprint density at radius 2 is 2.21 bits per heavy atom. The van der Waals surface area contributed by atoms with E-state index in [1.54, 1.807) is 23.7 Å². The highest BCUT2D eigenvalue weighted by Gasteiger charge is 2.28. The lowest BCUT2D eigenvalue weighted by Crippen LogP contribution is -2.43. The molecule has 1 aromatic heterocycles. The van der Waals surface area contributed by atoms with Gasteiger partial charge in [-0.3, -0.25) is 4.79 Å². The molecule has 7 heteroatoms. The molecule has 24 heavy (non-hydrogen) atoms. The van der Waals surface area contributed by atoms with Crippen molar-refractivity contribution in [3.8, 4) is 5.69 Å². The quantitative estimate of drug-likeness (QED) is 0.889. The zero-order chi connectivity index (χ0) is 17.1. The highest BCUT2D eigenvalue weighted by molar-refractivity contribution is 6.30. The van der Waals surface area contributed by atoms with Crippen LogP contribution in [-0.4, -0.2) is 38.7 Å². The highest BCUT2D eigenvalue weighted by atomic mass is 35.5. The number of rotatable bonds is 4. The molecule has 1 aliphatic carbocycles. The number of amides is 1. The maximum Gasteiger partial charge on any atom is 0.273 e. The predicted molar refractivity (Wildman–Crippen MR) is 91.4 cm³/mol. The maximum absolute atomic E-state index is 12.6. The minimum atomic E-state index is -0.244. The normalized spacial score (nSPS) is 20.8. The van der Waals surface area contributed by atoms with Gasteiger partial charge >= 0.3 is 0 Å². The van der Waals surface area contributed by atoms with Crippen molar-refractivity contribution in [2.24, 2.45) is 5.92 Å². The van der Waals surface area contributed by atoms with Crippen LogP contribution in [-0.2, 0) is 0 Å². The van der Waals surface area contributed by atoms with E-state index in [-0.39, 0.29) is 24.5 Å². The minimum absolute atomic E-state index is 0.00744. The summed E-state index contributed by atoms with van der Waals surface area (Å²) in [6.07, 6.45) is 3.99. The molecule has 0 saturated heterocycles. The number of hydrogen-bond acceptors (Lipinski definition) is 4. The molecule has 2 unspecified atom stereocenters. The van der Waals surface area contributed by atoms with Gasteiger partial charge in [0.15, 0.2) is 5.69 Å². The molecular formula is C17H21ClN4O2. The molecule has 0 spiro atoms. The molecule has 0 radical (unpaired) electrons. The first-order chi connectivity index (χ1) is 11.6. The van der Waals surface area contributed by atoms with Gasteiger partial charge in [0, 0.05) is 23.6 Å². The third-order valence-electron chi connectivity index (χ3n) is 4.62. The summed E-state index contributed by atoms with van der Waals surface area (Å²) < 4.78 is 1.60. The first-order valence-corrected chi connectivity index (χ1v) is 8.58. The van der Waals surface area contributed by atoms with E-state index in [0.717, 1.165) is 31.4 Å². The first-order valence-electron chi connectivity index (χ1n) is 8.20. The van der Waals surface area contributed by atoms with Crippen LogP contribution in [0.1, 0.15) is 41.9 Å². The monoisotopic (exact) mass is 348 g/mol. The molecule has 128 valence electrons. The van der Waals surface area contributed by atoms with Crippen molar-refractivity contribution in [2.45, 2.75) is 38.6 Å². The molecule has 1 saturated carbocycles. The molecule has 1 amide bonds. The lowest BCUT2D eigenvalue weighted by atomic mass is 9.85. The van der Waals surface area contributed by atoms with E-state index < -0.39 is 0 Å². The molecule has 3 rings (SSSR count). The van der Waals surface area contributed by atoms with Crippen LogP contribution in [0, 0.1) is 12.8 Å². The number of nitrogens with one attached hydrogen (secondary N) is 1. The zero-order valence-corrected chi connectivity index (χ0v) is 14.3. The molecule has 2 atom stereocenters.